The van der Waals surface area contributed by atoms with Crippen LogP contribution in [0, 0.1) is 0 Å². The fourth-order valence-electron chi connectivity index (χ4n) is 6.40. The van der Waals surface area contributed by atoms with Crippen molar-refractivity contribution in [1.29, 1.82) is 0 Å². The SMILES string of the molecule is CC=c1cccc(-c2cc(Cc3nc(-c4ccccc4)nc(-c4ccccc4)n3)cc(-c3cccc4ccccc34)c2)c1=C(C)CC. The van der Waals surface area contributed by atoms with Gasteiger partial charge in [0.05, 0.1) is 0 Å². The number of benzene rings is 6. The summed E-state index contributed by atoms with van der Waals surface area (Å²) in [6, 6.07) is 49.2. The lowest BCUT2D eigenvalue weighted by Crippen LogP contribution is -2.28. The van der Waals surface area contributed by atoms with Gasteiger partial charge in [-0.1, -0.05) is 152 Å². The van der Waals surface area contributed by atoms with Gasteiger partial charge in [-0.3, -0.25) is 0 Å². The molecule has 0 fully saturated rings. The monoisotopic (exact) mass is 607 g/mol. The molecular formula is C44H37N3. The Kier molecular flexibility index (Phi) is 8.53. The van der Waals surface area contributed by atoms with Crippen LogP contribution in [-0.2, 0) is 6.42 Å². The van der Waals surface area contributed by atoms with E-state index in [9.17, 15) is 0 Å². The molecule has 0 saturated heterocycles. The average molecular weight is 608 g/mol. The number of fused-ring (bicyclic) bond motifs is 1. The van der Waals surface area contributed by atoms with Crippen molar-refractivity contribution in [2.75, 3.05) is 0 Å². The molecule has 0 amide bonds. The minimum Gasteiger partial charge on any atom is -0.213 e. The highest BCUT2D eigenvalue weighted by Crippen LogP contribution is 2.33. The fourth-order valence-corrected chi connectivity index (χ4v) is 6.40. The Labute approximate surface area is 276 Å². The molecule has 0 spiro atoms. The Morgan fingerprint density at radius 1 is 0.574 bits per heavy atom. The van der Waals surface area contributed by atoms with Gasteiger partial charge in [-0.2, -0.15) is 0 Å². The van der Waals surface area contributed by atoms with Gasteiger partial charge in [-0.15, -0.1) is 0 Å². The second kappa shape index (κ2) is 13.4. The second-order valence-corrected chi connectivity index (χ2v) is 11.9. The molecule has 228 valence electrons. The summed E-state index contributed by atoms with van der Waals surface area (Å²) in [5.41, 5.74) is 9.31. The molecule has 3 nitrogen and oxygen atoms in total. The molecule has 7 rings (SSSR count). The van der Waals surface area contributed by atoms with Crippen LogP contribution in [0.1, 0.15) is 38.6 Å². The van der Waals surface area contributed by atoms with Crippen molar-refractivity contribution in [3.63, 3.8) is 0 Å². The van der Waals surface area contributed by atoms with Gasteiger partial charge in [0, 0.05) is 17.5 Å². The molecule has 7 aromatic rings. The number of hydrogen-bond donors (Lipinski definition) is 0. The second-order valence-electron chi connectivity index (χ2n) is 11.9. The third kappa shape index (κ3) is 6.25. The summed E-state index contributed by atoms with van der Waals surface area (Å²) in [6.45, 7) is 6.61. The molecule has 0 aliphatic heterocycles. The van der Waals surface area contributed by atoms with Crippen molar-refractivity contribution in [2.45, 2.75) is 33.6 Å². The molecule has 3 heteroatoms. The maximum atomic E-state index is 5.03. The van der Waals surface area contributed by atoms with Gasteiger partial charge in [0.15, 0.2) is 11.6 Å². The molecule has 0 aliphatic carbocycles. The standard InChI is InChI=1S/C44H37N3/c1-4-30(3)42-32(5-2)21-14-25-40(42)37-27-31(26-36(29-37)39-24-15-22-33-16-12-13-23-38(33)39)28-41-45-43(34-17-8-6-9-18-34)47-44(46-41)35-19-10-7-11-20-35/h5-27,29H,4,28H2,1-3H3. The highest BCUT2D eigenvalue weighted by molar-refractivity contribution is 5.97. The van der Waals surface area contributed by atoms with Crippen molar-refractivity contribution < 1.29 is 0 Å². The smallest absolute Gasteiger partial charge is 0.163 e. The Morgan fingerprint density at radius 3 is 1.81 bits per heavy atom. The molecule has 0 saturated carbocycles. The normalized spacial score (nSPS) is 12.4. The molecular weight excluding hydrogens is 571 g/mol. The fraction of sp³-hybridized carbons (Fsp3) is 0.114. The topological polar surface area (TPSA) is 38.7 Å². The van der Waals surface area contributed by atoms with Gasteiger partial charge >= 0.3 is 0 Å². The molecule has 0 bridgehead atoms. The van der Waals surface area contributed by atoms with Crippen LogP contribution in [0.25, 0.3) is 67.5 Å². The molecule has 0 unspecified atom stereocenters. The van der Waals surface area contributed by atoms with Crippen LogP contribution in [0.15, 0.2) is 140 Å². The molecule has 0 N–H and O–H groups in total. The molecule has 0 radical (unpaired) electrons. The van der Waals surface area contributed by atoms with Crippen LogP contribution in [0.3, 0.4) is 0 Å². The zero-order valence-electron chi connectivity index (χ0n) is 27.1. The molecule has 47 heavy (non-hydrogen) atoms. The lowest BCUT2D eigenvalue weighted by atomic mass is 9.90. The Morgan fingerprint density at radius 2 is 1.15 bits per heavy atom. The predicted octanol–water partition coefficient (Wildman–Crippen LogP) is 9.66. The highest BCUT2D eigenvalue weighted by atomic mass is 15.0. The Bertz CT molecular complexity index is 2260. The van der Waals surface area contributed by atoms with Crippen LogP contribution >= 0.6 is 0 Å². The number of aromatic nitrogens is 3. The maximum absolute atomic E-state index is 5.03. The summed E-state index contributed by atoms with van der Waals surface area (Å²) in [7, 11) is 0. The molecule has 0 aliphatic rings. The first-order valence-corrected chi connectivity index (χ1v) is 16.3. The van der Waals surface area contributed by atoms with Crippen molar-refractivity contribution in [2.24, 2.45) is 0 Å². The van der Waals surface area contributed by atoms with Crippen molar-refractivity contribution >= 4 is 22.4 Å². The van der Waals surface area contributed by atoms with E-state index >= 15 is 0 Å². The lowest BCUT2D eigenvalue weighted by Gasteiger charge is -2.15. The summed E-state index contributed by atoms with van der Waals surface area (Å²) in [6.07, 6.45) is 3.77. The Balaban J connectivity index is 1.45. The van der Waals surface area contributed by atoms with Gasteiger partial charge in [0.2, 0.25) is 0 Å². The predicted molar refractivity (Wildman–Crippen MR) is 197 cm³/mol. The van der Waals surface area contributed by atoms with E-state index in [1.54, 1.807) is 0 Å². The van der Waals surface area contributed by atoms with E-state index in [2.05, 4.69) is 130 Å². The van der Waals surface area contributed by atoms with E-state index in [4.69, 9.17) is 15.0 Å². The zero-order chi connectivity index (χ0) is 32.2. The first kappa shape index (κ1) is 30.0. The summed E-state index contributed by atoms with van der Waals surface area (Å²) < 4.78 is 0. The van der Waals surface area contributed by atoms with Crippen LogP contribution in [0.4, 0.5) is 0 Å². The van der Waals surface area contributed by atoms with Crippen LogP contribution in [-0.4, -0.2) is 15.0 Å². The van der Waals surface area contributed by atoms with Crippen LogP contribution in [0.2, 0.25) is 0 Å². The van der Waals surface area contributed by atoms with Gasteiger partial charge in [0.25, 0.3) is 0 Å². The lowest BCUT2D eigenvalue weighted by molar-refractivity contribution is 0.933. The largest absolute Gasteiger partial charge is 0.213 e. The van der Waals surface area contributed by atoms with Crippen LogP contribution < -0.4 is 10.4 Å². The van der Waals surface area contributed by atoms with E-state index in [-0.39, 0.29) is 0 Å². The molecule has 6 aromatic carbocycles. The van der Waals surface area contributed by atoms with E-state index in [1.807, 2.05) is 36.4 Å². The van der Waals surface area contributed by atoms with E-state index < -0.39 is 0 Å². The third-order valence-electron chi connectivity index (χ3n) is 8.88. The van der Waals surface area contributed by atoms with Gasteiger partial charge in [0.1, 0.15) is 5.82 Å². The first-order valence-electron chi connectivity index (χ1n) is 16.3. The van der Waals surface area contributed by atoms with Crippen molar-refractivity contribution in [1.82, 2.24) is 15.0 Å². The van der Waals surface area contributed by atoms with Crippen molar-refractivity contribution in [3.8, 4) is 45.0 Å². The van der Waals surface area contributed by atoms with Crippen molar-refractivity contribution in [3.05, 3.63) is 161 Å². The zero-order valence-corrected chi connectivity index (χ0v) is 27.1. The number of nitrogens with zero attached hydrogens (tertiary/aromatic N) is 3. The van der Waals surface area contributed by atoms with Gasteiger partial charge in [-0.05, 0) is 75.4 Å². The molecule has 1 aromatic heterocycles. The van der Waals surface area contributed by atoms with E-state index in [0.29, 0.717) is 18.1 Å². The highest BCUT2D eigenvalue weighted by Gasteiger charge is 2.14. The van der Waals surface area contributed by atoms with E-state index in [0.717, 1.165) is 28.9 Å². The molecule has 1 heterocycles. The Hall–Kier alpha value is -5.67. The van der Waals surface area contributed by atoms with Crippen LogP contribution in [0.5, 0.6) is 0 Å². The summed E-state index contributed by atoms with van der Waals surface area (Å²) in [5, 5.41) is 5.05. The minimum absolute atomic E-state index is 0.569. The molecule has 0 atom stereocenters. The number of rotatable bonds is 7. The van der Waals surface area contributed by atoms with Gasteiger partial charge < -0.3 is 0 Å². The summed E-state index contributed by atoms with van der Waals surface area (Å²) in [4.78, 5) is 15.0. The van der Waals surface area contributed by atoms with Gasteiger partial charge in [-0.25, -0.2) is 15.0 Å². The average Bonchev–Trinajstić information content (AvgIpc) is 3.14. The maximum Gasteiger partial charge on any atom is 0.163 e. The quantitative estimate of drug-likeness (QED) is 0.181. The number of hydrogen-bond acceptors (Lipinski definition) is 3. The third-order valence-corrected chi connectivity index (χ3v) is 8.88. The summed E-state index contributed by atoms with van der Waals surface area (Å²) >= 11 is 0. The summed E-state index contributed by atoms with van der Waals surface area (Å²) in [5.74, 6) is 2.11. The van der Waals surface area contributed by atoms with E-state index in [1.165, 1.54) is 49.0 Å². The first-order chi connectivity index (χ1) is 23.1. The minimum atomic E-state index is 0.569.